The molecule has 2 aromatic carbocycles. The minimum absolute atomic E-state index is 0.137. The number of hydrogen-bond acceptors (Lipinski definition) is 2. The predicted molar refractivity (Wildman–Crippen MR) is 82.6 cm³/mol. The molecule has 0 radical (unpaired) electrons. The van der Waals surface area contributed by atoms with Crippen LogP contribution in [0.15, 0.2) is 42.5 Å². The molecule has 106 valence electrons. The van der Waals surface area contributed by atoms with Gasteiger partial charge >= 0.3 is 5.97 Å². The van der Waals surface area contributed by atoms with Crippen molar-refractivity contribution in [2.45, 2.75) is 13.5 Å². The van der Waals surface area contributed by atoms with Gasteiger partial charge in [0.05, 0.1) is 11.0 Å². The number of carbonyl (C=O) groups is 1. The van der Waals surface area contributed by atoms with Crippen LogP contribution in [0, 0.1) is 6.92 Å². The number of halogens is 1. The zero-order valence-electron chi connectivity index (χ0n) is 11.4. The number of carboxylic acids is 1. The van der Waals surface area contributed by atoms with Gasteiger partial charge in [-0.1, -0.05) is 35.9 Å². The molecule has 5 heteroatoms. The number of hydrogen-bond donors (Lipinski definition) is 1. The monoisotopic (exact) mass is 300 g/mol. The number of aromatic nitrogens is 2. The Kier molecular flexibility index (Phi) is 3.39. The molecule has 3 rings (SSSR count). The van der Waals surface area contributed by atoms with E-state index in [-0.39, 0.29) is 6.54 Å². The van der Waals surface area contributed by atoms with Crippen LogP contribution in [0.25, 0.3) is 22.4 Å². The summed E-state index contributed by atoms with van der Waals surface area (Å²) >= 11 is 6.17. The zero-order valence-corrected chi connectivity index (χ0v) is 12.1. The Morgan fingerprint density at radius 2 is 2.00 bits per heavy atom. The lowest BCUT2D eigenvalue weighted by Gasteiger charge is -2.09. The first-order valence-corrected chi connectivity index (χ1v) is 6.88. The van der Waals surface area contributed by atoms with Crippen LogP contribution < -0.4 is 0 Å². The Morgan fingerprint density at radius 3 is 2.76 bits per heavy atom. The van der Waals surface area contributed by atoms with Crippen molar-refractivity contribution < 1.29 is 9.90 Å². The summed E-state index contributed by atoms with van der Waals surface area (Å²) < 4.78 is 1.70. The Labute approximate surface area is 126 Å². The fourth-order valence-electron chi connectivity index (χ4n) is 2.43. The van der Waals surface area contributed by atoms with Crippen LogP contribution in [0.5, 0.6) is 0 Å². The molecule has 1 aromatic heterocycles. The largest absolute Gasteiger partial charge is 0.480 e. The van der Waals surface area contributed by atoms with Crippen molar-refractivity contribution in [1.82, 2.24) is 9.55 Å². The van der Waals surface area contributed by atoms with Gasteiger partial charge in [0, 0.05) is 10.6 Å². The highest BCUT2D eigenvalue weighted by Gasteiger charge is 2.16. The van der Waals surface area contributed by atoms with Crippen LogP contribution in [-0.2, 0) is 11.3 Å². The van der Waals surface area contributed by atoms with E-state index in [2.05, 4.69) is 4.98 Å². The van der Waals surface area contributed by atoms with Gasteiger partial charge in [0.2, 0.25) is 0 Å². The lowest BCUT2D eigenvalue weighted by Crippen LogP contribution is -2.10. The topological polar surface area (TPSA) is 55.1 Å². The number of imidazole rings is 1. The zero-order chi connectivity index (χ0) is 15.0. The van der Waals surface area contributed by atoms with Crippen molar-refractivity contribution >= 4 is 28.6 Å². The van der Waals surface area contributed by atoms with Crippen LogP contribution in [0.4, 0.5) is 0 Å². The van der Waals surface area contributed by atoms with Crippen LogP contribution in [0.2, 0.25) is 5.02 Å². The first kappa shape index (κ1) is 13.6. The molecule has 0 fully saturated rings. The molecule has 1 N–H and O–H groups in total. The maximum Gasteiger partial charge on any atom is 0.323 e. The Hall–Kier alpha value is -2.33. The molecule has 3 aromatic rings. The first-order valence-electron chi connectivity index (χ1n) is 6.50. The highest BCUT2D eigenvalue weighted by atomic mass is 35.5. The molecule has 0 unspecified atom stereocenters. The van der Waals surface area contributed by atoms with Gasteiger partial charge in [-0.2, -0.15) is 0 Å². The molecular weight excluding hydrogens is 288 g/mol. The van der Waals surface area contributed by atoms with E-state index in [1.807, 2.05) is 49.4 Å². The third-order valence-electron chi connectivity index (χ3n) is 3.46. The van der Waals surface area contributed by atoms with E-state index in [9.17, 15) is 4.79 Å². The first-order chi connectivity index (χ1) is 10.1. The predicted octanol–water partition coefficient (Wildman–Crippen LogP) is 3.75. The van der Waals surface area contributed by atoms with Crippen LogP contribution in [0.1, 0.15) is 5.56 Å². The van der Waals surface area contributed by atoms with Gasteiger partial charge in [-0.25, -0.2) is 4.98 Å². The van der Waals surface area contributed by atoms with Gasteiger partial charge in [-0.15, -0.1) is 0 Å². The van der Waals surface area contributed by atoms with Crippen LogP contribution in [-0.4, -0.2) is 20.6 Å². The minimum atomic E-state index is -0.904. The third kappa shape index (κ3) is 2.38. The summed E-state index contributed by atoms with van der Waals surface area (Å²) in [6.07, 6.45) is 0. The fourth-order valence-corrected chi connectivity index (χ4v) is 2.60. The highest BCUT2D eigenvalue weighted by Crippen LogP contribution is 2.30. The summed E-state index contributed by atoms with van der Waals surface area (Å²) in [6, 6.07) is 13.1. The third-order valence-corrected chi connectivity index (χ3v) is 3.87. The van der Waals surface area contributed by atoms with Gasteiger partial charge in [0.25, 0.3) is 0 Å². The number of para-hydroxylation sites is 2. The minimum Gasteiger partial charge on any atom is -0.480 e. The average molecular weight is 301 g/mol. The summed E-state index contributed by atoms with van der Waals surface area (Å²) in [7, 11) is 0. The van der Waals surface area contributed by atoms with Crippen molar-refractivity contribution in [3.8, 4) is 11.4 Å². The summed E-state index contributed by atoms with van der Waals surface area (Å²) in [6.45, 7) is 1.77. The molecule has 0 amide bonds. The summed E-state index contributed by atoms with van der Waals surface area (Å²) in [5.41, 5.74) is 3.31. The number of benzene rings is 2. The van der Waals surface area contributed by atoms with E-state index in [0.29, 0.717) is 10.8 Å². The molecule has 0 aliphatic rings. The van der Waals surface area contributed by atoms with Crippen molar-refractivity contribution in [1.29, 1.82) is 0 Å². The lowest BCUT2D eigenvalue weighted by molar-refractivity contribution is -0.137. The maximum absolute atomic E-state index is 11.2. The Balaban J connectivity index is 2.31. The molecule has 21 heavy (non-hydrogen) atoms. The number of nitrogens with zero attached hydrogens (tertiary/aromatic N) is 2. The van der Waals surface area contributed by atoms with Gasteiger partial charge in [-0.3, -0.25) is 4.79 Å². The number of fused-ring (bicyclic) bond motifs is 1. The molecule has 0 aliphatic heterocycles. The van der Waals surface area contributed by atoms with Gasteiger partial charge in [-0.05, 0) is 30.7 Å². The fraction of sp³-hybridized carbons (Fsp3) is 0.125. The van der Waals surface area contributed by atoms with E-state index in [4.69, 9.17) is 16.7 Å². The molecule has 0 spiro atoms. The van der Waals surface area contributed by atoms with Crippen molar-refractivity contribution in [3.63, 3.8) is 0 Å². The van der Waals surface area contributed by atoms with E-state index in [1.165, 1.54) is 0 Å². The van der Waals surface area contributed by atoms with Gasteiger partial charge in [0.15, 0.2) is 0 Å². The van der Waals surface area contributed by atoms with E-state index >= 15 is 0 Å². The molecule has 4 nitrogen and oxygen atoms in total. The van der Waals surface area contributed by atoms with Crippen molar-refractivity contribution in [2.24, 2.45) is 0 Å². The molecule has 1 heterocycles. The second-order valence-electron chi connectivity index (χ2n) is 4.82. The summed E-state index contributed by atoms with van der Waals surface area (Å²) in [5, 5.41) is 9.81. The van der Waals surface area contributed by atoms with Gasteiger partial charge in [0.1, 0.15) is 12.4 Å². The number of carboxylic acid groups (broad SMARTS) is 1. The molecule has 0 saturated carbocycles. The molecule has 0 atom stereocenters. The highest BCUT2D eigenvalue weighted by molar-refractivity contribution is 6.31. The van der Waals surface area contributed by atoms with Crippen LogP contribution >= 0.6 is 11.6 Å². The average Bonchev–Trinajstić information content (AvgIpc) is 2.80. The molecule has 0 bridgehead atoms. The second-order valence-corrected chi connectivity index (χ2v) is 5.22. The molecule has 0 aliphatic carbocycles. The normalized spacial score (nSPS) is 11.0. The van der Waals surface area contributed by atoms with E-state index in [1.54, 1.807) is 4.57 Å². The molecular formula is C16H13ClN2O2. The molecule has 0 saturated heterocycles. The Bertz CT molecular complexity index is 839. The van der Waals surface area contributed by atoms with Crippen molar-refractivity contribution in [2.75, 3.05) is 0 Å². The standard InChI is InChI=1S/C16H13ClN2O2/c1-10-11(5-4-6-12(10)17)16-18-13-7-2-3-8-14(13)19(16)9-15(20)21/h2-8H,9H2,1H3,(H,20,21). The quantitative estimate of drug-likeness (QED) is 0.801. The SMILES string of the molecule is Cc1c(Cl)cccc1-c1nc2ccccc2n1CC(=O)O. The van der Waals surface area contributed by atoms with Crippen LogP contribution in [0.3, 0.4) is 0 Å². The lowest BCUT2D eigenvalue weighted by atomic mass is 10.1. The maximum atomic E-state index is 11.2. The van der Waals surface area contributed by atoms with E-state index < -0.39 is 5.97 Å². The summed E-state index contributed by atoms with van der Waals surface area (Å²) in [4.78, 5) is 15.7. The summed E-state index contributed by atoms with van der Waals surface area (Å²) in [5.74, 6) is -0.280. The number of rotatable bonds is 3. The second kappa shape index (κ2) is 5.22. The smallest absolute Gasteiger partial charge is 0.323 e. The van der Waals surface area contributed by atoms with E-state index in [0.717, 1.165) is 22.2 Å². The number of aliphatic carboxylic acids is 1. The van der Waals surface area contributed by atoms with Crippen molar-refractivity contribution in [3.05, 3.63) is 53.1 Å². The Morgan fingerprint density at radius 1 is 1.24 bits per heavy atom. The van der Waals surface area contributed by atoms with Gasteiger partial charge < -0.3 is 9.67 Å².